The molecule has 0 amide bonds. The third-order valence-corrected chi connectivity index (χ3v) is 1.54. The maximum absolute atomic E-state index is 8.39. The van der Waals surface area contributed by atoms with Crippen molar-refractivity contribution in [3.8, 4) is 0 Å². The molecule has 0 radical (unpaired) electrons. The van der Waals surface area contributed by atoms with E-state index in [1.807, 2.05) is 0 Å². The van der Waals surface area contributed by atoms with E-state index in [9.17, 15) is 0 Å². The number of rotatable bonds is 4. The van der Waals surface area contributed by atoms with Crippen LogP contribution >= 0.6 is 0 Å². The average molecular weight is 257 g/mol. The number of nitrogens with two attached hydrogens (primary N) is 1. The highest BCUT2D eigenvalue weighted by Gasteiger charge is 2.02. The molecule has 0 saturated carbocycles. The first-order valence-corrected chi connectivity index (χ1v) is 5.37. The molecule has 0 heterocycles. The van der Waals surface area contributed by atoms with Gasteiger partial charge in [-0.25, -0.2) is 5.26 Å². The van der Waals surface area contributed by atoms with Gasteiger partial charge in [-0.15, -0.1) is 4.99 Å². The van der Waals surface area contributed by atoms with Crippen molar-refractivity contribution >= 4 is 0 Å². The summed E-state index contributed by atoms with van der Waals surface area (Å²) in [6, 6.07) is 0. The maximum atomic E-state index is 8.39. The highest BCUT2D eigenvalue weighted by molar-refractivity contribution is 4.19. The highest BCUT2D eigenvalue weighted by atomic mass is 17.2. The number of aliphatic hydroxyl groups excluding tert-OH is 2. The van der Waals surface area contributed by atoms with Gasteiger partial charge in [0.1, 0.15) is 13.1 Å². The molecule has 0 fully saturated rings. The van der Waals surface area contributed by atoms with Crippen LogP contribution in [-0.2, 0) is 4.99 Å². The third-order valence-electron chi connectivity index (χ3n) is 1.54. The van der Waals surface area contributed by atoms with Crippen LogP contribution in [-0.4, -0.2) is 93.0 Å². The molecule has 7 heteroatoms. The molecule has 0 aromatic carbocycles. The van der Waals surface area contributed by atoms with Crippen LogP contribution in [0.2, 0.25) is 0 Å². The van der Waals surface area contributed by atoms with Crippen LogP contribution in [0.5, 0.6) is 0 Å². The van der Waals surface area contributed by atoms with Gasteiger partial charge < -0.3 is 19.2 Å². The Morgan fingerprint density at radius 1 is 0.824 bits per heavy atom. The molecule has 0 unspecified atom stereocenters. The van der Waals surface area contributed by atoms with Crippen molar-refractivity contribution in [2.45, 2.75) is 0 Å². The topological polar surface area (TPSA) is 95.9 Å². The number of hydrogen-bond acceptors (Lipinski definition) is 5. The van der Waals surface area contributed by atoms with E-state index in [0.29, 0.717) is 0 Å². The summed E-state index contributed by atoms with van der Waals surface area (Å²) < 4.78 is 1.69. The molecule has 0 rings (SSSR count). The van der Waals surface area contributed by atoms with E-state index in [4.69, 9.17) is 15.5 Å². The molecule has 0 aliphatic heterocycles. The first-order valence-electron chi connectivity index (χ1n) is 5.37. The molecule has 0 aliphatic rings. The van der Waals surface area contributed by atoms with Crippen molar-refractivity contribution < 1.29 is 29.4 Å². The molecule has 0 saturated heterocycles. The monoisotopic (exact) mass is 257 g/mol. The van der Waals surface area contributed by atoms with Crippen molar-refractivity contribution in [2.75, 3.05) is 68.6 Å². The van der Waals surface area contributed by atoms with E-state index in [1.54, 1.807) is 0 Å². The number of quaternary nitrogens is 2. The Labute approximate surface area is 105 Å². The van der Waals surface area contributed by atoms with Crippen LogP contribution in [0.3, 0.4) is 0 Å². The predicted octanol–water partition coefficient (Wildman–Crippen LogP) is -1.28. The minimum atomic E-state index is 0.281. The van der Waals surface area contributed by atoms with Crippen molar-refractivity contribution in [1.82, 2.24) is 0 Å². The molecule has 0 aliphatic carbocycles. The van der Waals surface area contributed by atoms with Gasteiger partial charge in [0.25, 0.3) is 0 Å². The standard InChI is InChI=1S/2C5H14NO.H3NO2/c2*1-6(2,3)4-5-7;1-3-2/h2*7H,4-5H2,1-3H3;2H,1H2/q2*+1;. The lowest BCUT2D eigenvalue weighted by Gasteiger charge is -2.21. The van der Waals surface area contributed by atoms with Crippen LogP contribution in [0.15, 0.2) is 0 Å². The summed E-state index contributed by atoms with van der Waals surface area (Å²) in [5.41, 5.74) is 0. The van der Waals surface area contributed by atoms with Crippen LogP contribution in [0.25, 0.3) is 0 Å². The van der Waals surface area contributed by atoms with Gasteiger partial charge in [-0.3, -0.25) is 0 Å². The smallest absolute Gasteiger partial charge is 0.101 e. The molecule has 0 aromatic rings. The molecular formula is C10H31N3O4+2. The van der Waals surface area contributed by atoms with Gasteiger partial charge in [-0.2, -0.15) is 5.90 Å². The van der Waals surface area contributed by atoms with Crippen molar-refractivity contribution in [2.24, 2.45) is 5.90 Å². The molecule has 17 heavy (non-hydrogen) atoms. The number of aliphatic hydroxyl groups is 2. The van der Waals surface area contributed by atoms with Gasteiger partial charge in [0, 0.05) is 0 Å². The van der Waals surface area contributed by atoms with E-state index in [2.05, 4.69) is 53.2 Å². The molecule has 5 N–H and O–H groups in total. The Balaban J connectivity index is -0.000000188. The summed E-state index contributed by atoms with van der Waals surface area (Å²) in [4.78, 5) is 2.75. The van der Waals surface area contributed by atoms with Crippen LogP contribution < -0.4 is 5.90 Å². The summed E-state index contributed by atoms with van der Waals surface area (Å²) in [5, 5.41) is 23.6. The van der Waals surface area contributed by atoms with Crippen LogP contribution in [0, 0.1) is 0 Å². The predicted molar refractivity (Wildman–Crippen MR) is 67.9 cm³/mol. The van der Waals surface area contributed by atoms with Crippen molar-refractivity contribution in [3.05, 3.63) is 0 Å². The van der Waals surface area contributed by atoms with E-state index >= 15 is 0 Å². The molecular weight excluding hydrogens is 226 g/mol. The molecule has 0 aromatic heterocycles. The first kappa shape index (κ1) is 21.9. The number of nitrogens with zero attached hydrogens (tertiary/aromatic N) is 2. The minimum Gasteiger partial charge on any atom is -0.391 e. The number of likely N-dealkylation sites (N-methyl/N-ethyl adjacent to an activating group) is 2. The summed E-state index contributed by atoms with van der Waals surface area (Å²) in [6.45, 7) is 2.23. The quantitative estimate of drug-likeness (QED) is 0.286. The van der Waals surface area contributed by atoms with E-state index < -0.39 is 0 Å². The Bertz CT molecular complexity index is 127. The van der Waals surface area contributed by atoms with E-state index in [0.717, 1.165) is 22.1 Å². The lowest BCUT2D eigenvalue weighted by atomic mass is 10.5. The SMILES string of the molecule is C[N+](C)(C)CCO.C[N+](C)(C)CCO.NOO. The van der Waals surface area contributed by atoms with Crippen molar-refractivity contribution in [1.29, 1.82) is 0 Å². The Kier molecular flexibility index (Phi) is 15.7. The second-order valence-electron chi connectivity index (χ2n) is 5.58. The second-order valence-corrected chi connectivity index (χ2v) is 5.58. The second kappa shape index (κ2) is 12.2. The normalized spacial score (nSPS) is 10.9. The van der Waals surface area contributed by atoms with Gasteiger partial charge in [-0.05, 0) is 0 Å². The zero-order valence-electron chi connectivity index (χ0n) is 12.1. The van der Waals surface area contributed by atoms with Gasteiger partial charge in [0.15, 0.2) is 0 Å². The van der Waals surface area contributed by atoms with Gasteiger partial charge >= 0.3 is 0 Å². The van der Waals surface area contributed by atoms with E-state index in [1.165, 1.54) is 0 Å². The largest absolute Gasteiger partial charge is 0.391 e. The minimum absolute atomic E-state index is 0.281. The zero-order valence-corrected chi connectivity index (χ0v) is 12.1. The summed E-state index contributed by atoms with van der Waals surface area (Å²) >= 11 is 0. The fraction of sp³-hybridized carbons (Fsp3) is 1.00. The van der Waals surface area contributed by atoms with Crippen LogP contribution in [0.1, 0.15) is 0 Å². The van der Waals surface area contributed by atoms with Crippen LogP contribution in [0.4, 0.5) is 0 Å². The Morgan fingerprint density at radius 2 is 1.00 bits per heavy atom. The summed E-state index contributed by atoms with van der Waals surface area (Å²) in [6.07, 6.45) is 0. The highest BCUT2D eigenvalue weighted by Crippen LogP contribution is 1.85. The fourth-order valence-electron chi connectivity index (χ4n) is 0.600. The first-order chi connectivity index (χ1) is 7.54. The average Bonchev–Trinajstić information content (AvgIpc) is 2.01. The van der Waals surface area contributed by atoms with Gasteiger partial charge in [0.2, 0.25) is 0 Å². The molecule has 0 bridgehead atoms. The molecule has 7 nitrogen and oxygen atoms in total. The zero-order chi connectivity index (χ0) is 14.5. The molecule has 0 atom stereocenters. The van der Waals surface area contributed by atoms with Crippen molar-refractivity contribution in [3.63, 3.8) is 0 Å². The lowest BCUT2D eigenvalue weighted by Crippen LogP contribution is -2.36. The number of hydrogen-bond donors (Lipinski definition) is 4. The summed E-state index contributed by atoms with van der Waals surface area (Å²) in [5.74, 6) is 3.90. The fourth-order valence-corrected chi connectivity index (χ4v) is 0.600. The molecule has 108 valence electrons. The van der Waals surface area contributed by atoms with Gasteiger partial charge in [-0.1, -0.05) is 0 Å². The van der Waals surface area contributed by atoms with Gasteiger partial charge in [0.05, 0.1) is 55.5 Å². The lowest BCUT2D eigenvalue weighted by molar-refractivity contribution is -0.870. The molecule has 0 spiro atoms. The Morgan fingerprint density at radius 3 is 1.00 bits per heavy atom. The van der Waals surface area contributed by atoms with E-state index in [-0.39, 0.29) is 13.2 Å². The Hall–Kier alpha value is -0.280. The third kappa shape index (κ3) is 49.7. The summed E-state index contributed by atoms with van der Waals surface area (Å²) in [7, 11) is 12.3. The maximum Gasteiger partial charge on any atom is 0.101 e.